The van der Waals surface area contributed by atoms with E-state index < -0.39 is 17.6 Å². The lowest BCUT2D eigenvalue weighted by Gasteiger charge is -2.11. The number of carbonyl (C=O) groups is 1. The van der Waals surface area contributed by atoms with Crippen molar-refractivity contribution in [2.75, 3.05) is 14.2 Å². The Morgan fingerprint density at radius 1 is 1.00 bits per heavy atom. The quantitative estimate of drug-likeness (QED) is 0.603. The highest BCUT2D eigenvalue weighted by Crippen LogP contribution is 2.46. The standard InChI is InChI=1S/C19H14F2O3S/c1-23-15-10-25-18(11-6-3-4-7-12(11)19(22)24-2)16(15)13-8-5-9-14(20)17(13)21/h3-10H,1-2H3. The van der Waals surface area contributed by atoms with E-state index in [1.165, 1.54) is 37.7 Å². The summed E-state index contributed by atoms with van der Waals surface area (Å²) >= 11 is 1.28. The fourth-order valence-corrected chi connectivity index (χ4v) is 3.68. The van der Waals surface area contributed by atoms with Gasteiger partial charge >= 0.3 is 5.97 Å². The maximum atomic E-state index is 14.4. The van der Waals surface area contributed by atoms with E-state index in [0.717, 1.165) is 6.07 Å². The molecule has 0 saturated carbocycles. The van der Waals surface area contributed by atoms with Crippen molar-refractivity contribution in [2.45, 2.75) is 0 Å². The van der Waals surface area contributed by atoms with Gasteiger partial charge in [-0.3, -0.25) is 0 Å². The second-order valence-corrected chi connectivity index (χ2v) is 6.03. The van der Waals surface area contributed by atoms with Crippen molar-refractivity contribution in [1.82, 2.24) is 0 Å². The molecule has 0 radical (unpaired) electrons. The summed E-state index contributed by atoms with van der Waals surface area (Å²) in [7, 11) is 2.75. The van der Waals surface area contributed by atoms with Gasteiger partial charge in [0.1, 0.15) is 5.75 Å². The molecule has 0 aliphatic carbocycles. The minimum atomic E-state index is -0.962. The zero-order valence-electron chi connectivity index (χ0n) is 13.5. The van der Waals surface area contributed by atoms with Gasteiger partial charge in [0.05, 0.1) is 19.8 Å². The van der Waals surface area contributed by atoms with Crippen LogP contribution < -0.4 is 4.74 Å². The number of hydrogen-bond acceptors (Lipinski definition) is 4. The van der Waals surface area contributed by atoms with Crippen molar-refractivity contribution in [3.63, 3.8) is 0 Å². The number of halogens is 2. The third-order valence-electron chi connectivity index (χ3n) is 3.78. The van der Waals surface area contributed by atoms with Gasteiger partial charge in [0.2, 0.25) is 0 Å². The maximum absolute atomic E-state index is 14.4. The zero-order chi connectivity index (χ0) is 18.0. The van der Waals surface area contributed by atoms with E-state index >= 15 is 0 Å². The third-order valence-corrected chi connectivity index (χ3v) is 4.77. The van der Waals surface area contributed by atoms with Crippen LogP contribution in [-0.2, 0) is 4.74 Å². The van der Waals surface area contributed by atoms with Crippen LogP contribution >= 0.6 is 11.3 Å². The normalized spacial score (nSPS) is 10.6. The summed E-state index contributed by atoms with van der Waals surface area (Å²) < 4.78 is 38.3. The summed E-state index contributed by atoms with van der Waals surface area (Å²) in [6.45, 7) is 0. The number of thiophene rings is 1. The first-order valence-electron chi connectivity index (χ1n) is 7.36. The molecule has 0 saturated heterocycles. The van der Waals surface area contributed by atoms with Crippen molar-refractivity contribution in [3.8, 4) is 27.3 Å². The molecule has 128 valence electrons. The van der Waals surface area contributed by atoms with Gasteiger partial charge in [0.25, 0.3) is 0 Å². The monoisotopic (exact) mass is 360 g/mol. The van der Waals surface area contributed by atoms with Crippen molar-refractivity contribution in [2.24, 2.45) is 0 Å². The van der Waals surface area contributed by atoms with E-state index in [2.05, 4.69) is 0 Å². The van der Waals surface area contributed by atoms with Crippen LogP contribution in [0.1, 0.15) is 10.4 Å². The predicted molar refractivity (Wildman–Crippen MR) is 93.0 cm³/mol. The number of methoxy groups -OCH3 is 2. The number of esters is 1. The number of ether oxygens (including phenoxy) is 2. The van der Waals surface area contributed by atoms with Crippen LogP contribution in [0.2, 0.25) is 0 Å². The summed E-state index contributed by atoms with van der Waals surface area (Å²) in [6.07, 6.45) is 0. The molecule has 0 N–H and O–H groups in total. The molecular weight excluding hydrogens is 346 g/mol. The molecule has 2 aromatic carbocycles. The smallest absolute Gasteiger partial charge is 0.338 e. The molecule has 0 amide bonds. The Kier molecular flexibility index (Phi) is 4.81. The molecule has 1 heterocycles. The van der Waals surface area contributed by atoms with Crippen molar-refractivity contribution < 1.29 is 23.0 Å². The van der Waals surface area contributed by atoms with Crippen LogP contribution in [0, 0.1) is 11.6 Å². The average molecular weight is 360 g/mol. The lowest BCUT2D eigenvalue weighted by Crippen LogP contribution is -2.03. The SMILES string of the molecule is COC(=O)c1ccccc1-c1scc(OC)c1-c1cccc(F)c1F. The predicted octanol–water partition coefficient (Wildman–Crippen LogP) is 5.16. The first kappa shape index (κ1) is 17.1. The van der Waals surface area contributed by atoms with Gasteiger partial charge in [-0.25, -0.2) is 13.6 Å². The van der Waals surface area contributed by atoms with Crippen LogP contribution in [0.25, 0.3) is 21.6 Å². The molecule has 0 atom stereocenters. The van der Waals surface area contributed by atoms with Crippen molar-refractivity contribution in [3.05, 3.63) is 65.0 Å². The second kappa shape index (κ2) is 7.03. The zero-order valence-corrected chi connectivity index (χ0v) is 14.3. The first-order valence-corrected chi connectivity index (χ1v) is 8.24. The van der Waals surface area contributed by atoms with Gasteiger partial charge in [0.15, 0.2) is 11.6 Å². The summed E-state index contributed by atoms with van der Waals surface area (Å²) in [4.78, 5) is 12.7. The van der Waals surface area contributed by atoms with E-state index in [1.807, 2.05) is 0 Å². The van der Waals surface area contributed by atoms with Crippen LogP contribution in [0.3, 0.4) is 0 Å². The third kappa shape index (κ3) is 3.00. The highest BCUT2D eigenvalue weighted by atomic mass is 32.1. The fourth-order valence-electron chi connectivity index (χ4n) is 2.61. The Morgan fingerprint density at radius 2 is 1.72 bits per heavy atom. The minimum absolute atomic E-state index is 0.0766. The minimum Gasteiger partial charge on any atom is -0.495 e. The first-order chi connectivity index (χ1) is 12.1. The van der Waals surface area contributed by atoms with Gasteiger partial charge in [-0.1, -0.05) is 30.3 Å². The molecule has 0 fully saturated rings. The van der Waals surface area contributed by atoms with Crippen LogP contribution in [0.4, 0.5) is 8.78 Å². The lowest BCUT2D eigenvalue weighted by molar-refractivity contribution is 0.0601. The van der Waals surface area contributed by atoms with E-state index in [1.54, 1.807) is 29.6 Å². The molecule has 3 nitrogen and oxygen atoms in total. The van der Waals surface area contributed by atoms with Gasteiger partial charge in [-0.15, -0.1) is 11.3 Å². The van der Waals surface area contributed by atoms with Crippen LogP contribution in [0.5, 0.6) is 5.75 Å². The second-order valence-electron chi connectivity index (χ2n) is 5.15. The van der Waals surface area contributed by atoms with E-state index in [-0.39, 0.29) is 5.56 Å². The van der Waals surface area contributed by atoms with Gasteiger partial charge < -0.3 is 9.47 Å². The highest BCUT2D eigenvalue weighted by Gasteiger charge is 2.23. The Labute approximate surface area is 147 Å². The molecule has 1 aromatic heterocycles. The largest absolute Gasteiger partial charge is 0.495 e. The average Bonchev–Trinajstić information content (AvgIpc) is 3.07. The van der Waals surface area contributed by atoms with Crippen LogP contribution in [-0.4, -0.2) is 20.2 Å². The fraction of sp³-hybridized carbons (Fsp3) is 0.105. The number of hydrogen-bond donors (Lipinski definition) is 0. The van der Waals surface area contributed by atoms with Crippen LogP contribution in [0.15, 0.2) is 47.8 Å². The molecule has 6 heteroatoms. The molecule has 0 unspecified atom stereocenters. The number of carbonyl (C=O) groups excluding carboxylic acids is 1. The molecule has 25 heavy (non-hydrogen) atoms. The molecule has 0 aliphatic heterocycles. The molecule has 0 spiro atoms. The Bertz CT molecular complexity index is 934. The Hall–Kier alpha value is -2.73. The summed E-state index contributed by atoms with van der Waals surface area (Å²) in [5.41, 5.74) is 1.39. The Balaban J connectivity index is 2.29. The molecule has 0 aliphatic rings. The van der Waals surface area contributed by atoms with E-state index in [4.69, 9.17) is 9.47 Å². The number of rotatable bonds is 4. The van der Waals surface area contributed by atoms with Crippen molar-refractivity contribution in [1.29, 1.82) is 0 Å². The highest BCUT2D eigenvalue weighted by molar-refractivity contribution is 7.14. The van der Waals surface area contributed by atoms with Gasteiger partial charge in [-0.2, -0.15) is 0 Å². The van der Waals surface area contributed by atoms with Gasteiger partial charge in [0, 0.05) is 26.9 Å². The molecular formula is C19H14F2O3S. The summed E-state index contributed by atoms with van der Waals surface area (Å²) in [5, 5.41) is 1.70. The maximum Gasteiger partial charge on any atom is 0.338 e. The topological polar surface area (TPSA) is 35.5 Å². The molecule has 3 rings (SSSR count). The van der Waals surface area contributed by atoms with E-state index in [9.17, 15) is 13.6 Å². The van der Waals surface area contributed by atoms with Crippen molar-refractivity contribution >= 4 is 17.3 Å². The lowest BCUT2D eigenvalue weighted by atomic mass is 9.98. The summed E-state index contributed by atoms with van der Waals surface area (Å²) in [6, 6.07) is 10.8. The van der Waals surface area contributed by atoms with E-state index in [0.29, 0.717) is 27.3 Å². The van der Waals surface area contributed by atoms with Gasteiger partial charge in [-0.05, 0) is 12.1 Å². The Morgan fingerprint density at radius 3 is 2.44 bits per heavy atom. The summed E-state index contributed by atoms with van der Waals surface area (Å²) in [5.74, 6) is -2.01. The molecule has 3 aromatic rings. The molecule has 0 bridgehead atoms. The number of benzene rings is 2.